The van der Waals surface area contributed by atoms with Crippen molar-refractivity contribution in [3.63, 3.8) is 0 Å². The van der Waals surface area contributed by atoms with Crippen LogP contribution in [0.2, 0.25) is 5.02 Å². The molecule has 0 aliphatic carbocycles. The Kier molecular flexibility index (Phi) is 3.83. The van der Waals surface area contributed by atoms with Crippen LogP contribution in [0, 0.1) is 0 Å². The number of aromatic nitrogens is 3. The molecule has 0 saturated carbocycles. The van der Waals surface area contributed by atoms with Gasteiger partial charge in [-0.25, -0.2) is 5.10 Å². The van der Waals surface area contributed by atoms with Crippen molar-refractivity contribution in [3.05, 3.63) is 33.3 Å². The Hall–Kier alpha value is -1.60. The lowest BCUT2D eigenvalue weighted by atomic mass is 10.2. The third-order valence-electron chi connectivity index (χ3n) is 2.05. The number of benzene rings is 1. The van der Waals surface area contributed by atoms with Crippen LogP contribution in [-0.2, 0) is 0 Å². The lowest BCUT2D eigenvalue weighted by Gasteiger charge is -2.04. The highest BCUT2D eigenvalue weighted by molar-refractivity contribution is 9.10. The molecule has 0 atom stereocenters. The van der Waals surface area contributed by atoms with Gasteiger partial charge in [0.2, 0.25) is 5.95 Å². The Balaban J connectivity index is 2.19. The second-order valence-corrected chi connectivity index (χ2v) is 4.54. The van der Waals surface area contributed by atoms with Gasteiger partial charge in [0, 0.05) is 9.50 Å². The molecule has 0 radical (unpaired) electrons. The zero-order chi connectivity index (χ0) is 13.1. The summed E-state index contributed by atoms with van der Waals surface area (Å²) in [7, 11) is 1.43. The molecule has 1 amide bonds. The maximum atomic E-state index is 12.0. The molecule has 94 valence electrons. The van der Waals surface area contributed by atoms with Crippen LogP contribution < -0.4 is 10.1 Å². The lowest BCUT2D eigenvalue weighted by molar-refractivity contribution is 0.102. The van der Waals surface area contributed by atoms with E-state index in [2.05, 4.69) is 36.4 Å². The van der Waals surface area contributed by atoms with E-state index >= 15 is 0 Å². The van der Waals surface area contributed by atoms with Crippen molar-refractivity contribution < 1.29 is 9.53 Å². The van der Waals surface area contributed by atoms with E-state index in [0.29, 0.717) is 15.1 Å². The molecular formula is C10H8BrClN4O2. The first-order chi connectivity index (χ1) is 8.60. The molecule has 2 rings (SSSR count). The second-order valence-electron chi connectivity index (χ2n) is 3.25. The molecule has 0 spiro atoms. The van der Waals surface area contributed by atoms with E-state index < -0.39 is 0 Å². The monoisotopic (exact) mass is 330 g/mol. The van der Waals surface area contributed by atoms with Crippen molar-refractivity contribution in [3.8, 4) is 6.01 Å². The van der Waals surface area contributed by atoms with Crippen LogP contribution in [0.1, 0.15) is 10.4 Å². The Labute approximate surface area is 116 Å². The number of hydrogen-bond donors (Lipinski definition) is 2. The topological polar surface area (TPSA) is 79.9 Å². The number of nitrogens with zero attached hydrogens (tertiary/aromatic N) is 2. The van der Waals surface area contributed by atoms with E-state index in [4.69, 9.17) is 16.3 Å². The maximum Gasteiger partial charge on any atom is 0.336 e. The summed E-state index contributed by atoms with van der Waals surface area (Å²) in [5.74, 6) is -0.160. The average molecular weight is 332 g/mol. The van der Waals surface area contributed by atoms with Crippen molar-refractivity contribution in [2.75, 3.05) is 12.4 Å². The smallest absolute Gasteiger partial charge is 0.336 e. The molecule has 1 heterocycles. The average Bonchev–Trinajstić information content (AvgIpc) is 2.80. The first-order valence-electron chi connectivity index (χ1n) is 4.83. The van der Waals surface area contributed by atoms with Crippen LogP contribution in [-0.4, -0.2) is 28.2 Å². The van der Waals surface area contributed by atoms with Gasteiger partial charge in [0.15, 0.2) is 0 Å². The summed E-state index contributed by atoms with van der Waals surface area (Å²) in [5, 5.41) is 9.25. The van der Waals surface area contributed by atoms with Crippen LogP contribution in [0.25, 0.3) is 0 Å². The number of carbonyl (C=O) groups excluding carboxylic acids is 1. The van der Waals surface area contributed by atoms with Crippen LogP contribution in [0.4, 0.5) is 5.95 Å². The van der Waals surface area contributed by atoms with E-state index in [0.717, 1.165) is 0 Å². The van der Waals surface area contributed by atoms with Crippen molar-refractivity contribution in [2.24, 2.45) is 0 Å². The van der Waals surface area contributed by atoms with Crippen LogP contribution in [0.5, 0.6) is 6.01 Å². The summed E-state index contributed by atoms with van der Waals surface area (Å²) in [6, 6.07) is 5.07. The summed E-state index contributed by atoms with van der Waals surface area (Å²) < 4.78 is 5.42. The first kappa shape index (κ1) is 12.8. The summed E-state index contributed by atoms with van der Waals surface area (Å²) >= 11 is 9.11. The van der Waals surface area contributed by atoms with Gasteiger partial charge in [0.1, 0.15) is 0 Å². The largest absolute Gasteiger partial charge is 0.466 e. The summed E-state index contributed by atoms with van der Waals surface area (Å²) in [6.07, 6.45) is 0. The minimum absolute atomic E-state index is 0.149. The van der Waals surface area contributed by atoms with Crippen molar-refractivity contribution in [1.29, 1.82) is 0 Å². The molecule has 0 saturated heterocycles. The molecule has 2 N–H and O–H groups in total. The zero-order valence-corrected chi connectivity index (χ0v) is 11.5. The van der Waals surface area contributed by atoms with E-state index in [1.807, 2.05) is 0 Å². The van der Waals surface area contributed by atoms with Gasteiger partial charge in [-0.15, -0.1) is 5.10 Å². The Morgan fingerprint density at radius 1 is 1.56 bits per heavy atom. The predicted molar refractivity (Wildman–Crippen MR) is 70.0 cm³/mol. The van der Waals surface area contributed by atoms with Gasteiger partial charge in [-0.1, -0.05) is 11.6 Å². The van der Waals surface area contributed by atoms with Gasteiger partial charge in [0.05, 0.1) is 12.7 Å². The van der Waals surface area contributed by atoms with Gasteiger partial charge in [0.25, 0.3) is 5.91 Å². The number of carbonyl (C=O) groups is 1. The summed E-state index contributed by atoms with van der Waals surface area (Å²) in [5.41, 5.74) is 0.401. The fraction of sp³-hybridized carbons (Fsp3) is 0.100. The number of aromatic amines is 1. The molecule has 0 aliphatic heterocycles. The quantitative estimate of drug-likeness (QED) is 0.905. The second kappa shape index (κ2) is 5.36. The molecule has 2 aromatic rings. The van der Waals surface area contributed by atoms with Crippen LogP contribution in [0.15, 0.2) is 22.7 Å². The molecule has 0 aliphatic rings. The van der Waals surface area contributed by atoms with E-state index in [9.17, 15) is 4.79 Å². The maximum absolute atomic E-state index is 12.0. The van der Waals surface area contributed by atoms with E-state index in [1.165, 1.54) is 7.11 Å². The minimum atomic E-state index is -0.358. The molecule has 8 heteroatoms. The summed E-state index contributed by atoms with van der Waals surface area (Å²) in [4.78, 5) is 15.8. The van der Waals surface area contributed by atoms with Gasteiger partial charge >= 0.3 is 6.01 Å². The fourth-order valence-corrected chi connectivity index (χ4v) is 1.84. The Bertz CT molecular complexity index is 587. The van der Waals surface area contributed by atoms with Gasteiger partial charge in [-0.2, -0.15) is 4.98 Å². The zero-order valence-electron chi connectivity index (χ0n) is 9.20. The highest BCUT2D eigenvalue weighted by Crippen LogP contribution is 2.22. The number of methoxy groups -OCH3 is 1. The summed E-state index contributed by atoms with van der Waals surface area (Å²) in [6.45, 7) is 0. The van der Waals surface area contributed by atoms with Crippen molar-refractivity contribution >= 4 is 39.4 Å². The van der Waals surface area contributed by atoms with Crippen LogP contribution >= 0.6 is 27.5 Å². The molecule has 6 nitrogen and oxygen atoms in total. The van der Waals surface area contributed by atoms with Gasteiger partial charge < -0.3 is 4.74 Å². The van der Waals surface area contributed by atoms with Gasteiger partial charge in [-0.3, -0.25) is 10.1 Å². The Morgan fingerprint density at radius 2 is 2.33 bits per heavy atom. The molecule has 18 heavy (non-hydrogen) atoms. The minimum Gasteiger partial charge on any atom is -0.466 e. The van der Waals surface area contributed by atoms with Gasteiger partial charge in [-0.05, 0) is 34.1 Å². The van der Waals surface area contributed by atoms with Crippen molar-refractivity contribution in [1.82, 2.24) is 15.2 Å². The number of hydrogen-bond acceptors (Lipinski definition) is 4. The number of halogens is 2. The lowest BCUT2D eigenvalue weighted by Crippen LogP contribution is -2.13. The number of nitrogens with one attached hydrogen (secondary N) is 2. The molecule has 0 bridgehead atoms. The highest BCUT2D eigenvalue weighted by Gasteiger charge is 2.13. The Morgan fingerprint density at radius 3 is 3.00 bits per heavy atom. The SMILES string of the molecule is COc1n[nH]c(NC(=O)c2cc(Cl)ccc2Br)n1. The number of H-pyrrole nitrogens is 1. The first-order valence-corrected chi connectivity index (χ1v) is 6.00. The third kappa shape index (κ3) is 2.80. The standard InChI is InChI=1S/C10H8BrClN4O2/c1-18-10-14-9(15-16-10)13-8(17)6-4-5(12)2-3-7(6)11/h2-4H,1H3,(H2,13,14,15,16,17). The number of ether oxygens (including phenoxy) is 1. The number of rotatable bonds is 3. The molecule has 1 aromatic carbocycles. The number of amides is 1. The van der Waals surface area contributed by atoms with E-state index in [-0.39, 0.29) is 17.9 Å². The normalized spacial score (nSPS) is 10.2. The third-order valence-corrected chi connectivity index (χ3v) is 2.98. The number of anilines is 1. The molecule has 1 aromatic heterocycles. The predicted octanol–water partition coefficient (Wildman–Crippen LogP) is 2.48. The van der Waals surface area contributed by atoms with Crippen molar-refractivity contribution in [2.45, 2.75) is 0 Å². The highest BCUT2D eigenvalue weighted by atomic mass is 79.9. The molecule has 0 unspecified atom stereocenters. The molecular weight excluding hydrogens is 323 g/mol. The fourth-order valence-electron chi connectivity index (χ4n) is 1.24. The van der Waals surface area contributed by atoms with Crippen LogP contribution in [0.3, 0.4) is 0 Å². The van der Waals surface area contributed by atoms with E-state index in [1.54, 1.807) is 18.2 Å². The molecule has 0 fully saturated rings.